The third-order valence-electron chi connectivity index (χ3n) is 3.54. The normalized spacial score (nSPS) is 19.4. The zero-order chi connectivity index (χ0) is 14.4. The lowest BCUT2D eigenvalue weighted by atomic mass is 9.98. The van der Waals surface area contributed by atoms with Crippen LogP contribution in [0.5, 0.6) is 0 Å². The Labute approximate surface area is 119 Å². The first-order valence-corrected chi connectivity index (χ1v) is 6.93. The molecule has 1 aromatic rings. The van der Waals surface area contributed by atoms with Gasteiger partial charge in [0.05, 0.1) is 0 Å². The summed E-state index contributed by atoms with van der Waals surface area (Å²) in [6.45, 7) is 2.49. The first kappa shape index (κ1) is 15.0. The molecule has 1 aliphatic rings. The Morgan fingerprint density at radius 2 is 2.15 bits per heavy atom. The fraction of sp³-hybridized carbons (Fsp3) is 0.500. The van der Waals surface area contributed by atoms with Gasteiger partial charge in [-0.1, -0.05) is 11.8 Å². The molecular weight excluding hydrogens is 257 g/mol. The summed E-state index contributed by atoms with van der Waals surface area (Å²) in [6.07, 6.45) is 2.13. The molecule has 1 aliphatic heterocycles. The van der Waals surface area contributed by atoms with Crippen LogP contribution in [0.25, 0.3) is 0 Å². The summed E-state index contributed by atoms with van der Waals surface area (Å²) in [5.41, 5.74) is 1.47. The molecule has 0 spiro atoms. The molecule has 1 atom stereocenters. The van der Waals surface area contributed by atoms with Gasteiger partial charge in [-0.3, -0.25) is 4.90 Å². The molecule has 0 aliphatic carbocycles. The minimum absolute atomic E-state index is 0.215. The summed E-state index contributed by atoms with van der Waals surface area (Å²) in [5, 5.41) is 17.9. The quantitative estimate of drug-likeness (QED) is 0.820. The van der Waals surface area contributed by atoms with Crippen LogP contribution < -0.4 is 0 Å². The van der Waals surface area contributed by atoms with Crippen molar-refractivity contribution < 1.29 is 14.6 Å². The van der Waals surface area contributed by atoms with E-state index in [0.717, 1.165) is 31.5 Å². The van der Waals surface area contributed by atoms with Gasteiger partial charge in [0.2, 0.25) is 0 Å². The van der Waals surface area contributed by atoms with E-state index in [1.165, 1.54) is 12.1 Å². The van der Waals surface area contributed by atoms with E-state index in [1.54, 1.807) is 0 Å². The third-order valence-corrected chi connectivity index (χ3v) is 3.54. The van der Waals surface area contributed by atoms with E-state index in [9.17, 15) is 9.50 Å². The molecule has 0 saturated carbocycles. The molecule has 20 heavy (non-hydrogen) atoms. The molecule has 1 aromatic carbocycles. The van der Waals surface area contributed by atoms with Gasteiger partial charge in [0.15, 0.2) is 0 Å². The maximum absolute atomic E-state index is 13.6. The number of halogens is 1. The minimum atomic E-state index is -0.305. The van der Waals surface area contributed by atoms with Crippen molar-refractivity contribution in [2.24, 2.45) is 5.92 Å². The minimum Gasteiger partial charge on any atom is -0.396 e. The van der Waals surface area contributed by atoms with Crippen molar-refractivity contribution in [3.63, 3.8) is 0 Å². The molecule has 0 bridgehead atoms. The van der Waals surface area contributed by atoms with Crippen LogP contribution >= 0.6 is 0 Å². The van der Waals surface area contributed by atoms with Gasteiger partial charge in [-0.2, -0.15) is 0 Å². The van der Waals surface area contributed by atoms with Crippen LogP contribution in [0.3, 0.4) is 0 Å². The van der Waals surface area contributed by atoms with E-state index < -0.39 is 0 Å². The molecule has 2 rings (SSSR count). The molecule has 1 saturated heterocycles. The number of aliphatic hydroxyl groups excluding tert-OH is 2. The third kappa shape index (κ3) is 4.31. The van der Waals surface area contributed by atoms with Gasteiger partial charge in [-0.15, -0.1) is 0 Å². The topological polar surface area (TPSA) is 43.7 Å². The van der Waals surface area contributed by atoms with Crippen molar-refractivity contribution in [3.8, 4) is 11.8 Å². The molecular formula is C16H20FNO2. The summed E-state index contributed by atoms with van der Waals surface area (Å²) in [6, 6.07) is 4.75. The molecule has 1 heterocycles. The van der Waals surface area contributed by atoms with Crippen LogP contribution in [0, 0.1) is 23.6 Å². The summed E-state index contributed by atoms with van der Waals surface area (Å²) in [7, 11) is 0. The highest BCUT2D eigenvalue weighted by atomic mass is 19.1. The number of benzene rings is 1. The second-order valence-electron chi connectivity index (χ2n) is 5.23. The number of nitrogens with zero attached hydrogens (tertiary/aromatic N) is 1. The largest absolute Gasteiger partial charge is 0.396 e. The molecule has 0 aromatic heterocycles. The Balaban J connectivity index is 2.06. The van der Waals surface area contributed by atoms with Crippen molar-refractivity contribution in [1.82, 2.24) is 4.90 Å². The molecule has 1 unspecified atom stereocenters. The summed E-state index contributed by atoms with van der Waals surface area (Å²) < 4.78 is 13.6. The molecule has 1 fully saturated rings. The van der Waals surface area contributed by atoms with Crippen LogP contribution in [0.15, 0.2) is 18.2 Å². The zero-order valence-corrected chi connectivity index (χ0v) is 11.5. The first-order valence-electron chi connectivity index (χ1n) is 6.93. The van der Waals surface area contributed by atoms with E-state index in [2.05, 4.69) is 16.7 Å². The van der Waals surface area contributed by atoms with Crippen LogP contribution in [0.2, 0.25) is 0 Å². The standard InChI is InChI=1S/C16H20FNO2/c17-16-8-13(4-2-6-19)7-15(9-16)11-18-5-1-3-14(10-18)12-20/h7-9,14,19-20H,1,3,5-6,10-12H2. The fourth-order valence-electron chi connectivity index (χ4n) is 2.66. The average Bonchev–Trinajstić information content (AvgIpc) is 2.44. The molecule has 108 valence electrons. The van der Waals surface area contributed by atoms with Crippen molar-refractivity contribution in [3.05, 3.63) is 35.1 Å². The van der Waals surface area contributed by atoms with Crippen molar-refractivity contribution in [1.29, 1.82) is 0 Å². The number of hydrogen-bond donors (Lipinski definition) is 2. The predicted octanol–water partition coefficient (Wildman–Crippen LogP) is 1.37. The Hall–Kier alpha value is -1.41. The number of piperidine rings is 1. The van der Waals surface area contributed by atoms with E-state index in [4.69, 9.17) is 5.11 Å². The molecule has 0 amide bonds. The Morgan fingerprint density at radius 1 is 1.30 bits per heavy atom. The lowest BCUT2D eigenvalue weighted by Crippen LogP contribution is -2.36. The fourth-order valence-corrected chi connectivity index (χ4v) is 2.66. The molecule has 3 nitrogen and oxygen atoms in total. The Kier molecular flexibility index (Phi) is 5.54. The summed E-state index contributed by atoms with van der Waals surface area (Å²) >= 11 is 0. The average molecular weight is 277 g/mol. The predicted molar refractivity (Wildman–Crippen MR) is 75.5 cm³/mol. The van der Waals surface area contributed by atoms with Crippen LogP contribution in [-0.4, -0.2) is 41.4 Å². The first-order chi connectivity index (χ1) is 9.71. The monoisotopic (exact) mass is 277 g/mol. The lowest BCUT2D eigenvalue weighted by molar-refractivity contribution is 0.116. The number of aliphatic hydroxyl groups is 2. The van der Waals surface area contributed by atoms with Crippen LogP contribution in [0.4, 0.5) is 4.39 Å². The number of likely N-dealkylation sites (tertiary alicyclic amines) is 1. The summed E-state index contributed by atoms with van der Waals surface area (Å²) in [4.78, 5) is 2.24. The number of rotatable bonds is 3. The maximum Gasteiger partial charge on any atom is 0.124 e. The van der Waals surface area contributed by atoms with Crippen molar-refractivity contribution in [2.45, 2.75) is 19.4 Å². The summed E-state index contributed by atoms with van der Waals surface area (Å²) in [5.74, 6) is 5.29. The van der Waals surface area contributed by atoms with Gasteiger partial charge in [0.1, 0.15) is 12.4 Å². The van der Waals surface area contributed by atoms with E-state index in [-0.39, 0.29) is 19.0 Å². The maximum atomic E-state index is 13.6. The van der Waals surface area contributed by atoms with Gasteiger partial charge in [0, 0.05) is 25.3 Å². The van der Waals surface area contributed by atoms with E-state index >= 15 is 0 Å². The molecule has 2 N–H and O–H groups in total. The second-order valence-corrected chi connectivity index (χ2v) is 5.23. The van der Waals surface area contributed by atoms with Gasteiger partial charge in [-0.05, 0) is 49.1 Å². The van der Waals surface area contributed by atoms with Crippen molar-refractivity contribution in [2.75, 3.05) is 26.3 Å². The van der Waals surface area contributed by atoms with Gasteiger partial charge < -0.3 is 10.2 Å². The highest BCUT2D eigenvalue weighted by Gasteiger charge is 2.19. The van der Waals surface area contributed by atoms with Gasteiger partial charge in [0.25, 0.3) is 0 Å². The molecule has 4 heteroatoms. The molecule has 0 radical (unpaired) electrons. The number of hydrogen-bond acceptors (Lipinski definition) is 3. The highest BCUT2D eigenvalue weighted by molar-refractivity contribution is 5.37. The SMILES string of the molecule is OCC#Cc1cc(F)cc(CN2CCCC(CO)C2)c1. The van der Waals surface area contributed by atoms with Gasteiger partial charge >= 0.3 is 0 Å². The van der Waals surface area contributed by atoms with E-state index in [1.807, 2.05) is 6.07 Å². The van der Waals surface area contributed by atoms with Crippen LogP contribution in [0.1, 0.15) is 24.0 Å². The van der Waals surface area contributed by atoms with E-state index in [0.29, 0.717) is 18.0 Å². The highest BCUT2D eigenvalue weighted by Crippen LogP contribution is 2.19. The smallest absolute Gasteiger partial charge is 0.124 e. The lowest BCUT2D eigenvalue weighted by Gasteiger charge is -2.31. The van der Waals surface area contributed by atoms with Gasteiger partial charge in [-0.25, -0.2) is 4.39 Å². The van der Waals surface area contributed by atoms with Crippen LogP contribution in [-0.2, 0) is 6.54 Å². The Morgan fingerprint density at radius 3 is 2.90 bits per heavy atom. The Bertz CT molecular complexity index is 507. The second kappa shape index (κ2) is 7.39. The van der Waals surface area contributed by atoms with Crippen molar-refractivity contribution >= 4 is 0 Å². The zero-order valence-electron chi connectivity index (χ0n) is 11.5.